The molecule has 0 aliphatic heterocycles. The molecule has 6 nitrogen and oxygen atoms in total. The molecule has 0 aromatic rings. The van der Waals surface area contributed by atoms with Crippen molar-refractivity contribution in [3.05, 3.63) is 0 Å². The lowest BCUT2D eigenvalue weighted by atomic mass is 10.2. The van der Waals surface area contributed by atoms with Gasteiger partial charge in [0.15, 0.2) is 0 Å². The van der Waals surface area contributed by atoms with E-state index in [1.807, 2.05) is 6.92 Å². The predicted molar refractivity (Wildman–Crippen MR) is 62.0 cm³/mol. The highest BCUT2D eigenvalue weighted by Crippen LogP contribution is 1.99. The Kier molecular flexibility index (Phi) is 10.1. The van der Waals surface area contributed by atoms with E-state index in [0.717, 1.165) is 25.7 Å². The maximum atomic E-state index is 11.0. The number of hydrogen-bond donors (Lipinski definition) is 0. The molecule has 0 aliphatic rings. The van der Waals surface area contributed by atoms with Gasteiger partial charge in [-0.15, -0.1) is 0 Å². The Morgan fingerprint density at radius 3 is 1.94 bits per heavy atom. The lowest BCUT2D eigenvalue weighted by Gasteiger charge is -1.99. The van der Waals surface area contributed by atoms with Gasteiger partial charge in [0.1, 0.15) is 0 Å². The van der Waals surface area contributed by atoms with Crippen molar-refractivity contribution in [2.45, 2.75) is 46.0 Å². The fraction of sp³-hybridized carbons (Fsp3) is 0.818. The smallest absolute Gasteiger partial charge is 0.447 e. The van der Waals surface area contributed by atoms with Crippen LogP contribution in [0.25, 0.3) is 0 Å². The van der Waals surface area contributed by atoms with Crippen LogP contribution in [0.2, 0.25) is 0 Å². The summed E-state index contributed by atoms with van der Waals surface area (Å²) in [5.41, 5.74) is 0. The number of hydrogen-bond acceptors (Lipinski definition) is 4. The third kappa shape index (κ3) is 10.8. The lowest BCUT2D eigenvalue weighted by molar-refractivity contribution is 0.145. The van der Waals surface area contributed by atoms with Gasteiger partial charge in [0, 0.05) is 0 Å². The van der Waals surface area contributed by atoms with Crippen LogP contribution in [-0.4, -0.2) is 25.4 Å². The molecule has 0 aliphatic carbocycles. The van der Waals surface area contributed by atoms with Crippen molar-refractivity contribution in [2.75, 3.05) is 13.2 Å². The van der Waals surface area contributed by atoms with Gasteiger partial charge in [-0.3, -0.25) is 0 Å². The number of carbonyl (C=O) groups is 2. The van der Waals surface area contributed by atoms with Crippen molar-refractivity contribution in [3.63, 3.8) is 0 Å². The van der Waals surface area contributed by atoms with E-state index in [9.17, 15) is 9.59 Å². The normalized spacial score (nSPS) is 10.5. The zero-order valence-electron chi connectivity index (χ0n) is 10.5. The third-order valence-electron chi connectivity index (χ3n) is 1.87. The molecule has 0 bridgehead atoms. The average Bonchev–Trinajstić information content (AvgIpc) is 2.33. The molecule has 0 atom stereocenters. The second-order valence-corrected chi connectivity index (χ2v) is 3.49. The molecule has 0 fully saturated rings. The first-order valence-electron chi connectivity index (χ1n) is 5.96. The van der Waals surface area contributed by atoms with Gasteiger partial charge >= 0.3 is 12.2 Å². The summed E-state index contributed by atoms with van der Waals surface area (Å²) in [6.45, 7) is 4.53. The summed E-state index contributed by atoms with van der Waals surface area (Å²) in [4.78, 5) is 21.8. The Morgan fingerprint density at radius 1 is 0.824 bits per heavy atom. The summed E-state index contributed by atoms with van der Waals surface area (Å²) in [6, 6.07) is 0. The molecular weight excluding hydrogens is 224 g/mol. The fourth-order valence-electron chi connectivity index (χ4n) is 1.02. The Bertz CT molecular complexity index is 254. The first-order chi connectivity index (χ1) is 8.20. The predicted octanol–water partition coefficient (Wildman–Crippen LogP) is 3.70. The molecule has 0 aromatic heterocycles. The van der Waals surface area contributed by atoms with Crippen molar-refractivity contribution in [2.24, 2.45) is 10.2 Å². The largest absolute Gasteiger partial charge is 0.452 e. The van der Waals surface area contributed by atoms with Gasteiger partial charge in [-0.1, -0.05) is 43.3 Å². The van der Waals surface area contributed by atoms with Crippen molar-refractivity contribution in [3.8, 4) is 0 Å². The second-order valence-electron chi connectivity index (χ2n) is 3.49. The zero-order chi connectivity index (χ0) is 12.9. The van der Waals surface area contributed by atoms with E-state index in [4.69, 9.17) is 4.74 Å². The Balaban J connectivity index is 3.56. The highest BCUT2D eigenvalue weighted by Gasteiger charge is 2.02. The summed E-state index contributed by atoms with van der Waals surface area (Å²) >= 11 is 0. The minimum atomic E-state index is -0.866. The Hall–Kier alpha value is -1.46. The van der Waals surface area contributed by atoms with E-state index in [2.05, 4.69) is 21.9 Å². The van der Waals surface area contributed by atoms with Gasteiger partial charge < -0.3 is 9.47 Å². The number of azo groups is 1. The monoisotopic (exact) mass is 244 g/mol. The van der Waals surface area contributed by atoms with E-state index in [0.29, 0.717) is 13.0 Å². The molecule has 0 aromatic carbocycles. The SMILES string of the molecule is CCCCCCOC(=O)N=NC(=O)OCCC. The molecule has 98 valence electrons. The number of ether oxygens (including phenoxy) is 2. The van der Waals surface area contributed by atoms with E-state index in [1.54, 1.807) is 0 Å². The van der Waals surface area contributed by atoms with Crippen LogP contribution in [0.5, 0.6) is 0 Å². The topological polar surface area (TPSA) is 77.3 Å². The summed E-state index contributed by atoms with van der Waals surface area (Å²) in [5, 5.41) is 6.15. The standard InChI is InChI=1S/C11H20N2O4/c1-3-5-6-7-9-17-11(15)13-12-10(14)16-8-4-2/h3-9H2,1-2H3. The molecule has 2 amide bonds. The minimum absolute atomic E-state index is 0.268. The Labute approximate surface area is 101 Å². The van der Waals surface area contributed by atoms with Gasteiger partial charge in [0.25, 0.3) is 0 Å². The number of amides is 2. The first-order valence-corrected chi connectivity index (χ1v) is 5.96. The van der Waals surface area contributed by atoms with Crippen molar-refractivity contribution < 1.29 is 19.1 Å². The molecule has 6 heteroatoms. The van der Waals surface area contributed by atoms with Gasteiger partial charge in [-0.05, 0) is 12.8 Å². The van der Waals surface area contributed by atoms with Crippen LogP contribution < -0.4 is 0 Å². The van der Waals surface area contributed by atoms with Gasteiger partial charge in [0.05, 0.1) is 13.2 Å². The second kappa shape index (κ2) is 11.0. The summed E-state index contributed by atoms with van der Waals surface area (Å²) in [7, 11) is 0. The maximum absolute atomic E-state index is 11.0. The Morgan fingerprint density at radius 2 is 1.41 bits per heavy atom. The summed E-state index contributed by atoms with van der Waals surface area (Å²) < 4.78 is 9.33. The zero-order valence-corrected chi connectivity index (χ0v) is 10.5. The van der Waals surface area contributed by atoms with Crippen molar-refractivity contribution in [1.82, 2.24) is 0 Å². The molecule has 17 heavy (non-hydrogen) atoms. The van der Waals surface area contributed by atoms with Crippen molar-refractivity contribution in [1.29, 1.82) is 0 Å². The third-order valence-corrected chi connectivity index (χ3v) is 1.87. The fourth-order valence-corrected chi connectivity index (χ4v) is 1.02. The van der Waals surface area contributed by atoms with E-state index >= 15 is 0 Å². The minimum Gasteiger partial charge on any atom is -0.447 e. The van der Waals surface area contributed by atoms with Gasteiger partial charge in [0.2, 0.25) is 0 Å². The van der Waals surface area contributed by atoms with Crippen molar-refractivity contribution >= 4 is 12.2 Å². The molecule has 0 rings (SSSR count). The van der Waals surface area contributed by atoms with Crippen LogP contribution >= 0.6 is 0 Å². The molecule has 0 saturated carbocycles. The van der Waals surface area contributed by atoms with Crippen LogP contribution in [0.4, 0.5) is 9.59 Å². The van der Waals surface area contributed by atoms with Crippen LogP contribution in [-0.2, 0) is 9.47 Å². The average molecular weight is 244 g/mol. The maximum Gasteiger partial charge on any atom is 0.452 e. The lowest BCUT2D eigenvalue weighted by Crippen LogP contribution is -2.03. The molecule has 0 spiro atoms. The molecular formula is C11H20N2O4. The quantitative estimate of drug-likeness (QED) is 0.505. The number of carbonyl (C=O) groups excluding carboxylic acids is 2. The van der Waals surface area contributed by atoms with E-state index < -0.39 is 12.2 Å². The number of unbranched alkanes of at least 4 members (excludes halogenated alkanes) is 3. The van der Waals surface area contributed by atoms with Crippen LogP contribution in [0, 0.1) is 0 Å². The molecule has 0 unspecified atom stereocenters. The van der Waals surface area contributed by atoms with Gasteiger partial charge in [-0.2, -0.15) is 0 Å². The summed E-state index contributed by atoms with van der Waals surface area (Å²) in [6.07, 6.45) is 3.03. The van der Waals surface area contributed by atoms with Crippen LogP contribution in [0.15, 0.2) is 10.2 Å². The van der Waals surface area contributed by atoms with Gasteiger partial charge in [-0.25, -0.2) is 9.59 Å². The molecule has 0 N–H and O–H groups in total. The van der Waals surface area contributed by atoms with E-state index in [-0.39, 0.29) is 6.61 Å². The molecule has 0 radical (unpaired) electrons. The first kappa shape index (κ1) is 15.5. The van der Waals surface area contributed by atoms with E-state index in [1.165, 1.54) is 0 Å². The summed E-state index contributed by atoms with van der Waals surface area (Å²) in [5.74, 6) is 0. The molecule has 0 saturated heterocycles. The molecule has 0 heterocycles. The highest BCUT2D eigenvalue weighted by molar-refractivity contribution is 5.73. The number of nitrogens with zero attached hydrogens (tertiary/aromatic N) is 2. The van der Waals surface area contributed by atoms with Crippen LogP contribution in [0.3, 0.4) is 0 Å². The number of rotatable bonds is 7. The highest BCUT2D eigenvalue weighted by atomic mass is 16.6. The van der Waals surface area contributed by atoms with Crippen LogP contribution in [0.1, 0.15) is 46.0 Å².